The van der Waals surface area contributed by atoms with Gasteiger partial charge in [0.25, 0.3) is 5.89 Å². The fraction of sp³-hybridized carbons (Fsp3) is 0.333. The van der Waals surface area contributed by atoms with Crippen LogP contribution in [0.25, 0.3) is 11.5 Å². The molecule has 0 atom stereocenters. The summed E-state index contributed by atoms with van der Waals surface area (Å²) in [5, 5.41) is 4.41. The zero-order chi connectivity index (χ0) is 9.54. The molecule has 2 N–H and O–H groups in total. The summed E-state index contributed by atoms with van der Waals surface area (Å²) in [6.07, 6.45) is 4.84. The molecule has 2 aromatic heterocycles. The van der Waals surface area contributed by atoms with Crippen LogP contribution in [-0.4, -0.2) is 10.1 Å². The topological polar surface area (TPSA) is 64.9 Å². The van der Waals surface area contributed by atoms with Crippen LogP contribution >= 0.6 is 11.3 Å². The third kappa shape index (κ3) is 0.988. The van der Waals surface area contributed by atoms with Gasteiger partial charge in [0.15, 0.2) is 6.33 Å². The Bertz CT molecular complexity index is 461. The standard InChI is InChI=1S/C9H9N3OS/c10-8-7(9-11-4-12-13-9)5-2-1-3-6(5)14-8/h4H,1-3,10H2. The highest BCUT2D eigenvalue weighted by Crippen LogP contribution is 2.42. The molecule has 1 aliphatic rings. The highest BCUT2D eigenvalue weighted by Gasteiger charge is 2.24. The molecule has 0 radical (unpaired) electrons. The molecule has 0 bridgehead atoms. The molecular formula is C9H9N3OS. The number of fused-ring (bicyclic) bond motifs is 1. The third-order valence-electron chi connectivity index (χ3n) is 2.52. The first-order chi connectivity index (χ1) is 6.86. The van der Waals surface area contributed by atoms with E-state index >= 15 is 0 Å². The zero-order valence-electron chi connectivity index (χ0n) is 7.49. The van der Waals surface area contributed by atoms with Gasteiger partial charge in [-0.1, -0.05) is 5.16 Å². The van der Waals surface area contributed by atoms with Crippen LogP contribution in [0, 0.1) is 0 Å². The van der Waals surface area contributed by atoms with Crippen LogP contribution in [0.5, 0.6) is 0 Å². The van der Waals surface area contributed by atoms with E-state index in [9.17, 15) is 0 Å². The molecule has 0 saturated carbocycles. The highest BCUT2D eigenvalue weighted by atomic mass is 32.1. The van der Waals surface area contributed by atoms with Gasteiger partial charge in [-0.2, -0.15) is 4.98 Å². The number of anilines is 1. The quantitative estimate of drug-likeness (QED) is 0.775. The van der Waals surface area contributed by atoms with Gasteiger partial charge in [-0.3, -0.25) is 0 Å². The van der Waals surface area contributed by atoms with E-state index in [0.29, 0.717) is 5.89 Å². The Labute approximate surface area is 84.7 Å². The summed E-state index contributed by atoms with van der Waals surface area (Å²) in [6.45, 7) is 0. The van der Waals surface area contributed by atoms with E-state index in [0.717, 1.165) is 23.4 Å². The molecule has 14 heavy (non-hydrogen) atoms. The molecule has 0 amide bonds. The van der Waals surface area contributed by atoms with Crippen LogP contribution in [0.3, 0.4) is 0 Å². The first-order valence-electron chi connectivity index (χ1n) is 4.53. The maximum Gasteiger partial charge on any atom is 0.260 e. The summed E-state index contributed by atoms with van der Waals surface area (Å²) >= 11 is 1.65. The Hall–Kier alpha value is -1.36. The average Bonchev–Trinajstić information content (AvgIpc) is 2.78. The van der Waals surface area contributed by atoms with Gasteiger partial charge in [0.2, 0.25) is 0 Å². The van der Waals surface area contributed by atoms with Crippen molar-refractivity contribution in [2.24, 2.45) is 0 Å². The first kappa shape index (κ1) is 7.99. The van der Waals surface area contributed by atoms with Crippen LogP contribution in [0.2, 0.25) is 0 Å². The van der Waals surface area contributed by atoms with Crippen molar-refractivity contribution >= 4 is 16.3 Å². The van der Waals surface area contributed by atoms with Crippen molar-refractivity contribution in [1.82, 2.24) is 10.1 Å². The highest BCUT2D eigenvalue weighted by molar-refractivity contribution is 7.16. The van der Waals surface area contributed by atoms with Crippen LogP contribution < -0.4 is 5.73 Å². The predicted molar refractivity (Wildman–Crippen MR) is 54.0 cm³/mol. The molecule has 1 aliphatic carbocycles. The lowest BCUT2D eigenvalue weighted by molar-refractivity contribution is 0.430. The normalized spacial score (nSPS) is 14.6. The fourth-order valence-corrected chi connectivity index (χ4v) is 3.10. The maximum absolute atomic E-state index is 5.93. The van der Waals surface area contributed by atoms with Gasteiger partial charge in [0, 0.05) is 4.88 Å². The number of aromatic nitrogens is 2. The van der Waals surface area contributed by atoms with Crippen molar-refractivity contribution in [2.45, 2.75) is 19.3 Å². The fourth-order valence-electron chi connectivity index (χ4n) is 1.94. The van der Waals surface area contributed by atoms with Gasteiger partial charge < -0.3 is 10.3 Å². The number of rotatable bonds is 1. The van der Waals surface area contributed by atoms with E-state index in [1.165, 1.54) is 23.2 Å². The molecule has 0 aromatic carbocycles. The molecule has 2 aromatic rings. The van der Waals surface area contributed by atoms with Crippen LogP contribution in [0.1, 0.15) is 16.9 Å². The lowest BCUT2D eigenvalue weighted by Gasteiger charge is -1.95. The van der Waals surface area contributed by atoms with E-state index < -0.39 is 0 Å². The summed E-state index contributed by atoms with van der Waals surface area (Å²) < 4.78 is 5.05. The molecule has 2 heterocycles. The van der Waals surface area contributed by atoms with Gasteiger partial charge in [0.1, 0.15) is 0 Å². The van der Waals surface area contributed by atoms with Crippen molar-refractivity contribution in [3.05, 3.63) is 16.8 Å². The summed E-state index contributed by atoms with van der Waals surface area (Å²) in [6, 6.07) is 0. The number of nitrogen functional groups attached to an aromatic ring is 1. The molecule has 72 valence electrons. The summed E-state index contributed by atoms with van der Waals surface area (Å²) in [5.41, 5.74) is 8.22. The smallest absolute Gasteiger partial charge is 0.260 e. The van der Waals surface area contributed by atoms with Gasteiger partial charge >= 0.3 is 0 Å². The number of hydrogen-bond acceptors (Lipinski definition) is 5. The Morgan fingerprint density at radius 1 is 1.43 bits per heavy atom. The van der Waals surface area contributed by atoms with E-state index in [-0.39, 0.29) is 0 Å². The lowest BCUT2D eigenvalue weighted by atomic mass is 10.1. The van der Waals surface area contributed by atoms with Gasteiger partial charge in [-0.15, -0.1) is 11.3 Å². The number of hydrogen-bond donors (Lipinski definition) is 1. The van der Waals surface area contributed by atoms with Crippen molar-refractivity contribution in [3.63, 3.8) is 0 Å². The molecule has 0 spiro atoms. The zero-order valence-corrected chi connectivity index (χ0v) is 8.30. The van der Waals surface area contributed by atoms with Crippen LogP contribution in [0.4, 0.5) is 5.00 Å². The molecule has 0 aliphatic heterocycles. The second kappa shape index (κ2) is 2.81. The first-order valence-corrected chi connectivity index (χ1v) is 5.35. The SMILES string of the molecule is Nc1sc2c(c1-c1ncno1)CCC2. The minimum absolute atomic E-state index is 0.557. The van der Waals surface area contributed by atoms with Gasteiger partial charge in [-0.25, -0.2) is 0 Å². The largest absolute Gasteiger partial charge is 0.390 e. The van der Waals surface area contributed by atoms with E-state index in [2.05, 4.69) is 10.1 Å². The number of thiophene rings is 1. The minimum Gasteiger partial charge on any atom is -0.390 e. The summed E-state index contributed by atoms with van der Waals surface area (Å²) in [4.78, 5) is 5.43. The van der Waals surface area contributed by atoms with E-state index in [1.54, 1.807) is 11.3 Å². The molecule has 3 rings (SSSR count). The maximum atomic E-state index is 5.93. The molecule has 5 heteroatoms. The van der Waals surface area contributed by atoms with Crippen LogP contribution in [0.15, 0.2) is 10.9 Å². The summed E-state index contributed by atoms with van der Waals surface area (Å²) in [5.74, 6) is 0.557. The van der Waals surface area contributed by atoms with Gasteiger partial charge in [-0.05, 0) is 24.8 Å². The van der Waals surface area contributed by atoms with Crippen molar-refractivity contribution in [1.29, 1.82) is 0 Å². The van der Waals surface area contributed by atoms with Crippen molar-refractivity contribution < 1.29 is 4.52 Å². The second-order valence-corrected chi connectivity index (χ2v) is 4.48. The Morgan fingerprint density at radius 3 is 3.14 bits per heavy atom. The number of nitrogens with zero attached hydrogens (tertiary/aromatic N) is 2. The summed E-state index contributed by atoms with van der Waals surface area (Å²) in [7, 11) is 0. The molecule has 0 saturated heterocycles. The average molecular weight is 207 g/mol. The monoisotopic (exact) mass is 207 g/mol. The van der Waals surface area contributed by atoms with E-state index in [1.807, 2.05) is 0 Å². The lowest BCUT2D eigenvalue weighted by Crippen LogP contribution is -1.87. The Kier molecular flexibility index (Phi) is 1.61. The van der Waals surface area contributed by atoms with Crippen molar-refractivity contribution in [3.8, 4) is 11.5 Å². The number of nitrogens with two attached hydrogens (primary N) is 1. The molecule has 0 unspecified atom stereocenters. The number of aryl methyl sites for hydroxylation is 1. The van der Waals surface area contributed by atoms with Crippen LogP contribution in [-0.2, 0) is 12.8 Å². The van der Waals surface area contributed by atoms with Gasteiger partial charge in [0.05, 0.1) is 10.6 Å². The molecular weight excluding hydrogens is 198 g/mol. The van der Waals surface area contributed by atoms with E-state index in [4.69, 9.17) is 10.3 Å². The molecule has 0 fully saturated rings. The van der Waals surface area contributed by atoms with Crippen molar-refractivity contribution in [2.75, 3.05) is 5.73 Å². The predicted octanol–water partition coefficient (Wildman–Crippen LogP) is 1.87. The second-order valence-electron chi connectivity index (χ2n) is 3.34. The molecule has 4 nitrogen and oxygen atoms in total. The Balaban J connectivity index is 2.22. The Morgan fingerprint density at radius 2 is 2.36 bits per heavy atom. The third-order valence-corrected chi connectivity index (χ3v) is 3.64. The minimum atomic E-state index is 0.557.